The van der Waals surface area contributed by atoms with Gasteiger partial charge in [-0.05, 0) is 11.6 Å². The van der Waals surface area contributed by atoms with Gasteiger partial charge in [-0.25, -0.2) is 18.4 Å². The average molecular weight is 431 g/mol. The molecule has 2 aromatic heterocycles. The van der Waals surface area contributed by atoms with Crippen molar-refractivity contribution in [3.8, 4) is 0 Å². The zero-order valence-electron chi connectivity index (χ0n) is 17.7. The van der Waals surface area contributed by atoms with Gasteiger partial charge in [0.2, 0.25) is 5.65 Å². The molecule has 9 nitrogen and oxygen atoms in total. The van der Waals surface area contributed by atoms with Crippen molar-refractivity contribution in [3.63, 3.8) is 0 Å². The highest BCUT2D eigenvalue weighted by atomic mass is 32.2. The van der Waals surface area contributed by atoms with Crippen LogP contribution in [0, 0.1) is 0 Å². The third kappa shape index (κ3) is 4.15. The molecule has 1 aromatic carbocycles. The fourth-order valence-corrected chi connectivity index (χ4v) is 4.32. The van der Waals surface area contributed by atoms with Crippen LogP contribution in [0.3, 0.4) is 0 Å². The highest BCUT2D eigenvalue weighted by Gasteiger charge is 2.26. The summed E-state index contributed by atoms with van der Waals surface area (Å²) >= 11 is 0. The van der Waals surface area contributed by atoms with Crippen LogP contribution < -0.4 is 4.90 Å². The van der Waals surface area contributed by atoms with E-state index >= 15 is 0 Å². The molecule has 0 N–H and O–H groups in total. The fraction of sp³-hybridized carbons (Fsp3) is 0.500. The van der Waals surface area contributed by atoms with Crippen LogP contribution in [0.5, 0.6) is 0 Å². The Morgan fingerprint density at radius 3 is 2.43 bits per heavy atom. The maximum absolute atomic E-state index is 12.1. The number of hydrogen-bond acceptors (Lipinski definition) is 8. The quantitative estimate of drug-likeness (QED) is 0.617. The highest BCUT2D eigenvalue weighted by Crippen LogP contribution is 2.27. The second kappa shape index (κ2) is 7.59. The molecule has 0 bridgehead atoms. The van der Waals surface area contributed by atoms with E-state index in [0.29, 0.717) is 35.8 Å². The van der Waals surface area contributed by atoms with Crippen LogP contribution in [-0.4, -0.2) is 65.9 Å². The van der Waals surface area contributed by atoms with E-state index in [1.54, 1.807) is 18.2 Å². The molecule has 1 aliphatic rings. The summed E-state index contributed by atoms with van der Waals surface area (Å²) in [7, 11) is -3.35. The number of benzene rings is 1. The molecular formula is C20H26N6O3S. The standard InChI is InChI=1S/C20H26N6O3S/c1-20(2,3)19-21-17-16(18(22-19)25-9-11-29-12-10-25)23-26(24-17)13-14-7-5-6-8-15(14)30(4,27)28/h5-8H,9-13H2,1-4H3. The molecule has 1 aliphatic heterocycles. The number of anilines is 1. The number of rotatable bonds is 4. The second-order valence-electron chi connectivity index (χ2n) is 8.50. The molecule has 30 heavy (non-hydrogen) atoms. The van der Waals surface area contributed by atoms with Crippen LogP contribution >= 0.6 is 0 Å². The second-order valence-corrected chi connectivity index (χ2v) is 10.5. The normalized spacial score (nSPS) is 15.7. The van der Waals surface area contributed by atoms with Gasteiger partial charge >= 0.3 is 0 Å². The Kier molecular flexibility index (Phi) is 5.23. The Morgan fingerprint density at radius 1 is 1.07 bits per heavy atom. The largest absolute Gasteiger partial charge is 0.378 e. The van der Waals surface area contributed by atoms with Gasteiger partial charge in [0.15, 0.2) is 21.2 Å². The summed E-state index contributed by atoms with van der Waals surface area (Å²) in [5, 5.41) is 9.20. The van der Waals surface area contributed by atoms with Crippen molar-refractivity contribution in [2.45, 2.75) is 37.6 Å². The van der Waals surface area contributed by atoms with Crippen LogP contribution in [0.15, 0.2) is 29.2 Å². The SMILES string of the molecule is CC(C)(C)c1nc(N2CCOCC2)c2nn(Cc3ccccc3S(C)(=O)=O)nc2n1. The molecule has 10 heteroatoms. The van der Waals surface area contributed by atoms with Gasteiger partial charge in [0.05, 0.1) is 24.7 Å². The van der Waals surface area contributed by atoms with Crippen molar-refractivity contribution >= 4 is 26.8 Å². The maximum Gasteiger partial charge on any atom is 0.207 e. The first-order valence-electron chi connectivity index (χ1n) is 9.87. The van der Waals surface area contributed by atoms with E-state index < -0.39 is 9.84 Å². The topological polar surface area (TPSA) is 103 Å². The Morgan fingerprint density at radius 2 is 1.77 bits per heavy atom. The van der Waals surface area contributed by atoms with Gasteiger partial charge in [0.25, 0.3) is 0 Å². The minimum atomic E-state index is -3.35. The first-order valence-corrected chi connectivity index (χ1v) is 11.8. The van der Waals surface area contributed by atoms with Gasteiger partial charge in [0.1, 0.15) is 5.82 Å². The van der Waals surface area contributed by atoms with E-state index in [1.807, 2.05) is 6.07 Å². The zero-order valence-corrected chi connectivity index (χ0v) is 18.5. The van der Waals surface area contributed by atoms with Gasteiger partial charge in [0, 0.05) is 24.8 Å². The molecule has 0 atom stereocenters. The molecule has 1 fully saturated rings. The summed E-state index contributed by atoms with van der Waals surface area (Å²) in [6, 6.07) is 6.90. The molecule has 0 spiro atoms. The van der Waals surface area contributed by atoms with E-state index in [2.05, 4.69) is 40.9 Å². The van der Waals surface area contributed by atoms with E-state index in [-0.39, 0.29) is 16.9 Å². The van der Waals surface area contributed by atoms with Gasteiger partial charge in [-0.15, -0.1) is 10.2 Å². The molecule has 3 heterocycles. The van der Waals surface area contributed by atoms with Crippen LogP contribution in [0.2, 0.25) is 0 Å². The molecule has 0 radical (unpaired) electrons. The van der Waals surface area contributed by atoms with E-state index in [9.17, 15) is 8.42 Å². The van der Waals surface area contributed by atoms with Crippen molar-refractivity contribution in [1.29, 1.82) is 0 Å². The van der Waals surface area contributed by atoms with Crippen molar-refractivity contribution in [1.82, 2.24) is 25.0 Å². The lowest BCUT2D eigenvalue weighted by Crippen LogP contribution is -2.37. The molecule has 3 aromatic rings. The van der Waals surface area contributed by atoms with E-state index in [4.69, 9.17) is 9.72 Å². The predicted octanol–water partition coefficient (Wildman–Crippen LogP) is 1.81. The van der Waals surface area contributed by atoms with Crippen LogP contribution in [0.1, 0.15) is 32.2 Å². The molecule has 0 amide bonds. The minimum absolute atomic E-state index is 0.229. The van der Waals surface area contributed by atoms with E-state index in [0.717, 1.165) is 18.9 Å². The summed E-state index contributed by atoms with van der Waals surface area (Å²) in [5.41, 5.74) is 1.51. The first-order chi connectivity index (χ1) is 14.1. The van der Waals surface area contributed by atoms with Crippen LogP contribution in [-0.2, 0) is 26.5 Å². The smallest absolute Gasteiger partial charge is 0.207 e. The molecular weight excluding hydrogens is 404 g/mol. The third-order valence-electron chi connectivity index (χ3n) is 4.94. The summed E-state index contributed by atoms with van der Waals surface area (Å²) in [6.45, 7) is 9.11. The Balaban J connectivity index is 1.81. The fourth-order valence-electron chi connectivity index (χ4n) is 3.39. The maximum atomic E-state index is 12.1. The van der Waals surface area contributed by atoms with Crippen LogP contribution in [0.4, 0.5) is 5.82 Å². The molecule has 0 saturated carbocycles. The van der Waals surface area contributed by atoms with Crippen molar-refractivity contribution in [2.75, 3.05) is 37.5 Å². The van der Waals surface area contributed by atoms with Crippen molar-refractivity contribution < 1.29 is 13.2 Å². The zero-order chi connectivity index (χ0) is 21.5. The number of ether oxygens (including phenoxy) is 1. The molecule has 1 saturated heterocycles. The summed E-state index contributed by atoms with van der Waals surface area (Å²) in [5.74, 6) is 1.44. The first kappa shape index (κ1) is 20.7. The number of fused-ring (bicyclic) bond motifs is 1. The number of aromatic nitrogens is 5. The minimum Gasteiger partial charge on any atom is -0.378 e. The lowest BCUT2D eigenvalue weighted by molar-refractivity contribution is 0.122. The monoisotopic (exact) mass is 430 g/mol. The number of morpholine rings is 1. The Hall–Kier alpha value is -2.59. The lowest BCUT2D eigenvalue weighted by atomic mass is 9.96. The number of hydrogen-bond donors (Lipinski definition) is 0. The molecule has 0 aliphatic carbocycles. The van der Waals surface area contributed by atoms with Crippen molar-refractivity contribution in [2.24, 2.45) is 0 Å². The van der Waals surface area contributed by atoms with Crippen molar-refractivity contribution in [3.05, 3.63) is 35.7 Å². The van der Waals surface area contributed by atoms with Gasteiger partial charge in [-0.3, -0.25) is 0 Å². The highest BCUT2D eigenvalue weighted by molar-refractivity contribution is 7.90. The number of nitrogens with zero attached hydrogens (tertiary/aromatic N) is 6. The van der Waals surface area contributed by atoms with Gasteiger partial charge in [-0.1, -0.05) is 39.0 Å². The predicted molar refractivity (Wildman–Crippen MR) is 114 cm³/mol. The summed E-state index contributed by atoms with van der Waals surface area (Å²) in [6.07, 6.45) is 1.20. The average Bonchev–Trinajstić information content (AvgIpc) is 3.09. The molecule has 4 rings (SSSR count). The lowest BCUT2D eigenvalue weighted by Gasteiger charge is -2.28. The number of sulfone groups is 1. The van der Waals surface area contributed by atoms with Crippen LogP contribution in [0.25, 0.3) is 11.2 Å². The third-order valence-corrected chi connectivity index (χ3v) is 6.14. The van der Waals surface area contributed by atoms with E-state index in [1.165, 1.54) is 11.1 Å². The van der Waals surface area contributed by atoms with Gasteiger partial charge in [-0.2, -0.15) is 4.80 Å². The Labute approximate surface area is 176 Å². The summed E-state index contributed by atoms with van der Waals surface area (Å²) < 4.78 is 29.8. The molecule has 0 unspecified atom stereocenters. The molecule has 160 valence electrons. The van der Waals surface area contributed by atoms with Gasteiger partial charge < -0.3 is 9.64 Å². The summed E-state index contributed by atoms with van der Waals surface area (Å²) in [4.78, 5) is 13.4. The Bertz CT molecular complexity index is 1180.